The average Bonchev–Trinajstić information content (AvgIpc) is 2.92. The topological polar surface area (TPSA) is 74.8 Å². The fourth-order valence-electron chi connectivity index (χ4n) is 3.66. The summed E-state index contributed by atoms with van der Waals surface area (Å²) in [6.45, 7) is 3.81. The molecule has 0 unspecified atom stereocenters. The molecule has 0 saturated heterocycles. The summed E-state index contributed by atoms with van der Waals surface area (Å²) in [5.74, 6) is 0. The van der Waals surface area contributed by atoms with Crippen molar-refractivity contribution in [3.63, 3.8) is 0 Å². The number of para-hydroxylation sites is 2. The molecule has 4 aromatic rings. The standard InChI is InChI=1S/C28H28N2O4S4/c1-21-13-17-23(18-14-21)37(31,32)29(3)25-9-5-7-11-27(25)35-36-28-12-8-6-10-26(28)30(4)38(33,34)24-19-15-22(2)16-20-24/h5-20H,1-4H3. The fourth-order valence-corrected chi connectivity index (χ4v) is 8.62. The van der Waals surface area contributed by atoms with Crippen LogP contribution in [-0.2, 0) is 20.0 Å². The van der Waals surface area contributed by atoms with Crippen LogP contribution in [0.3, 0.4) is 0 Å². The van der Waals surface area contributed by atoms with Gasteiger partial charge in [0.1, 0.15) is 0 Å². The van der Waals surface area contributed by atoms with Crippen molar-refractivity contribution in [1.29, 1.82) is 0 Å². The molecule has 4 rings (SSSR count). The Hall–Kier alpha value is -2.92. The molecule has 0 heterocycles. The maximum absolute atomic E-state index is 13.3. The number of aryl methyl sites for hydroxylation is 2. The van der Waals surface area contributed by atoms with Crippen LogP contribution in [-0.4, -0.2) is 30.9 Å². The third-order valence-corrected chi connectivity index (χ3v) is 12.0. The molecule has 0 fully saturated rings. The van der Waals surface area contributed by atoms with E-state index in [2.05, 4.69) is 0 Å². The summed E-state index contributed by atoms with van der Waals surface area (Å²) >= 11 is 0. The third-order valence-electron chi connectivity index (χ3n) is 5.99. The zero-order valence-corrected chi connectivity index (χ0v) is 24.7. The molecule has 0 radical (unpaired) electrons. The molecular formula is C28H28N2O4S4. The van der Waals surface area contributed by atoms with Gasteiger partial charge in [0.15, 0.2) is 0 Å². The van der Waals surface area contributed by atoms with Gasteiger partial charge in [-0.25, -0.2) is 16.8 Å². The predicted molar refractivity (Wildman–Crippen MR) is 158 cm³/mol. The second kappa shape index (κ2) is 11.4. The Bertz CT molecular complexity index is 1510. The molecule has 38 heavy (non-hydrogen) atoms. The minimum Gasteiger partial charge on any atom is -0.268 e. The minimum atomic E-state index is -3.77. The predicted octanol–water partition coefficient (Wildman–Crippen LogP) is 6.75. The molecule has 0 aliphatic carbocycles. The highest BCUT2D eigenvalue weighted by Gasteiger charge is 2.25. The number of hydrogen-bond acceptors (Lipinski definition) is 6. The van der Waals surface area contributed by atoms with E-state index in [9.17, 15) is 16.8 Å². The molecule has 10 heteroatoms. The van der Waals surface area contributed by atoms with Crippen LogP contribution in [0.5, 0.6) is 0 Å². The molecule has 0 N–H and O–H groups in total. The quantitative estimate of drug-likeness (QED) is 0.203. The van der Waals surface area contributed by atoms with Crippen LogP contribution >= 0.6 is 21.6 Å². The number of hydrogen-bond donors (Lipinski definition) is 0. The van der Waals surface area contributed by atoms with Crippen molar-refractivity contribution in [3.05, 3.63) is 108 Å². The van der Waals surface area contributed by atoms with E-state index in [-0.39, 0.29) is 9.79 Å². The molecule has 4 aromatic carbocycles. The SMILES string of the molecule is Cc1ccc(S(=O)(=O)N(C)c2ccccc2SSc2ccccc2N(C)S(=O)(=O)c2ccc(C)cc2)cc1. The summed E-state index contributed by atoms with van der Waals surface area (Å²) in [6, 6.07) is 28.0. The maximum atomic E-state index is 13.3. The molecule has 0 aliphatic rings. The van der Waals surface area contributed by atoms with Crippen LogP contribution in [0.25, 0.3) is 0 Å². The van der Waals surface area contributed by atoms with Crippen LogP contribution in [0, 0.1) is 13.8 Å². The molecular weight excluding hydrogens is 557 g/mol. The summed E-state index contributed by atoms with van der Waals surface area (Å²) in [7, 11) is -1.72. The van der Waals surface area contributed by atoms with Crippen LogP contribution < -0.4 is 8.61 Å². The van der Waals surface area contributed by atoms with Crippen molar-refractivity contribution < 1.29 is 16.8 Å². The van der Waals surface area contributed by atoms with Crippen molar-refractivity contribution >= 4 is 53.0 Å². The van der Waals surface area contributed by atoms with Gasteiger partial charge in [0.2, 0.25) is 0 Å². The van der Waals surface area contributed by atoms with Gasteiger partial charge in [0.05, 0.1) is 21.2 Å². The second-order valence-electron chi connectivity index (χ2n) is 8.67. The van der Waals surface area contributed by atoms with Gasteiger partial charge in [0.25, 0.3) is 20.0 Å². The van der Waals surface area contributed by atoms with Crippen LogP contribution in [0.2, 0.25) is 0 Å². The Morgan fingerprint density at radius 3 is 1.16 bits per heavy atom. The van der Waals surface area contributed by atoms with Crippen LogP contribution in [0.4, 0.5) is 11.4 Å². The normalized spacial score (nSPS) is 11.8. The van der Waals surface area contributed by atoms with E-state index in [4.69, 9.17) is 0 Å². The Kier molecular flexibility index (Phi) is 8.46. The molecule has 0 atom stereocenters. The monoisotopic (exact) mass is 584 g/mol. The number of sulfonamides is 2. The highest BCUT2D eigenvalue weighted by molar-refractivity contribution is 8.76. The van der Waals surface area contributed by atoms with Gasteiger partial charge in [0, 0.05) is 23.9 Å². The number of benzene rings is 4. The van der Waals surface area contributed by atoms with Gasteiger partial charge in [-0.3, -0.25) is 8.61 Å². The first-order chi connectivity index (χ1) is 18.0. The zero-order valence-electron chi connectivity index (χ0n) is 21.4. The minimum absolute atomic E-state index is 0.214. The summed E-state index contributed by atoms with van der Waals surface area (Å²) in [4.78, 5) is 1.89. The van der Waals surface area contributed by atoms with E-state index >= 15 is 0 Å². The van der Waals surface area contributed by atoms with Gasteiger partial charge in [-0.2, -0.15) is 0 Å². The van der Waals surface area contributed by atoms with Gasteiger partial charge in [-0.05, 0) is 62.4 Å². The zero-order chi connectivity index (χ0) is 27.5. The van der Waals surface area contributed by atoms with E-state index in [1.807, 2.05) is 38.1 Å². The summed E-state index contributed by atoms with van der Waals surface area (Å²) in [5.41, 5.74) is 3.02. The Morgan fingerprint density at radius 2 is 0.816 bits per heavy atom. The molecule has 0 bridgehead atoms. The van der Waals surface area contributed by atoms with E-state index < -0.39 is 20.0 Å². The maximum Gasteiger partial charge on any atom is 0.264 e. The van der Waals surface area contributed by atoms with Gasteiger partial charge < -0.3 is 0 Å². The highest BCUT2D eigenvalue weighted by Crippen LogP contribution is 2.46. The molecule has 198 valence electrons. The lowest BCUT2D eigenvalue weighted by molar-refractivity contribution is 0.592. The first kappa shape index (κ1) is 28.1. The largest absolute Gasteiger partial charge is 0.268 e. The molecule has 0 saturated carbocycles. The summed E-state index contributed by atoms with van der Waals surface area (Å²) < 4.78 is 55.8. The first-order valence-electron chi connectivity index (χ1n) is 11.7. The molecule has 0 spiro atoms. The van der Waals surface area contributed by atoms with Crippen molar-refractivity contribution in [2.24, 2.45) is 0 Å². The van der Waals surface area contributed by atoms with E-state index in [0.29, 0.717) is 11.4 Å². The second-order valence-corrected chi connectivity index (χ2v) is 14.8. The van der Waals surface area contributed by atoms with Crippen molar-refractivity contribution in [3.8, 4) is 0 Å². The lowest BCUT2D eigenvalue weighted by atomic mass is 10.2. The molecule has 6 nitrogen and oxygen atoms in total. The summed E-state index contributed by atoms with van der Waals surface area (Å²) in [5, 5.41) is 0. The van der Waals surface area contributed by atoms with E-state index in [0.717, 1.165) is 20.9 Å². The van der Waals surface area contributed by atoms with Gasteiger partial charge >= 0.3 is 0 Å². The molecule has 0 aromatic heterocycles. The van der Waals surface area contributed by atoms with E-state index in [1.54, 1.807) is 72.8 Å². The van der Waals surface area contributed by atoms with Crippen molar-refractivity contribution in [2.45, 2.75) is 33.4 Å². The van der Waals surface area contributed by atoms with E-state index in [1.165, 1.54) is 44.3 Å². The van der Waals surface area contributed by atoms with Gasteiger partial charge in [-0.15, -0.1) is 0 Å². The smallest absolute Gasteiger partial charge is 0.264 e. The number of nitrogens with zero attached hydrogens (tertiary/aromatic N) is 2. The number of rotatable bonds is 9. The average molecular weight is 585 g/mol. The lowest BCUT2D eigenvalue weighted by Gasteiger charge is -2.23. The van der Waals surface area contributed by atoms with Crippen molar-refractivity contribution in [1.82, 2.24) is 0 Å². The highest BCUT2D eigenvalue weighted by atomic mass is 33.1. The van der Waals surface area contributed by atoms with Gasteiger partial charge in [-0.1, -0.05) is 81.2 Å². The lowest BCUT2D eigenvalue weighted by Crippen LogP contribution is -2.27. The number of anilines is 2. The Labute approximate surface area is 233 Å². The third kappa shape index (κ3) is 5.88. The first-order valence-corrected chi connectivity index (χ1v) is 16.7. The molecule has 0 aliphatic heterocycles. The Balaban J connectivity index is 1.61. The summed E-state index contributed by atoms with van der Waals surface area (Å²) in [6.07, 6.45) is 0. The Morgan fingerprint density at radius 1 is 0.500 bits per heavy atom. The van der Waals surface area contributed by atoms with Crippen molar-refractivity contribution in [2.75, 3.05) is 22.7 Å². The molecule has 0 amide bonds. The fraction of sp³-hybridized carbons (Fsp3) is 0.143. The van der Waals surface area contributed by atoms with Crippen LogP contribution in [0.15, 0.2) is 117 Å². The van der Waals surface area contributed by atoms with Crippen LogP contribution in [0.1, 0.15) is 11.1 Å².